The zero-order chi connectivity index (χ0) is 13.8. The monoisotopic (exact) mass is 260 g/mol. The molecule has 100 valence electrons. The molecule has 0 spiro atoms. The van der Waals surface area contributed by atoms with Crippen LogP contribution in [0.2, 0.25) is 0 Å². The summed E-state index contributed by atoms with van der Waals surface area (Å²) in [6.07, 6.45) is -2.38. The first kappa shape index (κ1) is 14.3. The fourth-order valence-corrected chi connectivity index (χ4v) is 1.61. The highest BCUT2D eigenvalue weighted by Gasteiger charge is 2.32. The van der Waals surface area contributed by atoms with Gasteiger partial charge in [0.25, 0.3) is 0 Å². The molecule has 1 aromatic rings. The number of pyridine rings is 1. The van der Waals surface area contributed by atoms with Gasteiger partial charge in [-0.05, 0) is 18.6 Å². The summed E-state index contributed by atoms with van der Waals surface area (Å²) >= 11 is 0. The van der Waals surface area contributed by atoms with Gasteiger partial charge >= 0.3 is 6.18 Å². The molecule has 0 atom stereocenters. The van der Waals surface area contributed by atoms with Crippen LogP contribution < -0.4 is 10.6 Å². The van der Waals surface area contributed by atoms with Crippen molar-refractivity contribution < 1.29 is 13.2 Å². The number of nitrogens with two attached hydrogens (primary N) is 1. The Labute approximate surface area is 103 Å². The minimum absolute atomic E-state index is 0.101. The maximum Gasteiger partial charge on any atom is 0.405 e. The van der Waals surface area contributed by atoms with Gasteiger partial charge in [-0.2, -0.15) is 13.2 Å². The predicted molar refractivity (Wildman–Crippen MR) is 63.8 cm³/mol. The van der Waals surface area contributed by atoms with E-state index in [1.807, 2.05) is 0 Å². The standard InChI is InChI=1S/C11H15F3N4/c1-2-6-18(7-11(12,13)14)10-8(9(15)16)4-3-5-17-10/h3-5H,2,6-7H2,1H3,(H3,15,16). The zero-order valence-electron chi connectivity index (χ0n) is 9.96. The molecule has 0 amide bonds. The Morgan fingerprint density at radius 3 is 2.67 bits per heavy atom. The summed E-state index contributed by atoms with van der Waals surface area (Å²) < 4.78 is 37.5. The molecule has 0 fully saturated rings. The molecule has 4 nitrogen and oxygen atoms in total. The van der Waals surface area contributed by atoms with Gasteiger partial charge in [-0.15, -0.1) is 0 Å². The number of alkyl halides is 3. The second kappa shape index (κ2) is 5.70. The average Bonchev–Trinajstić information content (AvgIpc) is 2.26. The van der Waals surface area contributed by atoms with Gasteiger partial charge in [-0.25, -0.2) is 4.98 Å². The summed E-state index contributed by atoms with van der Waals surface area (Å²) in [6.45, 7) is 0.884. The quantitative estimate of drug-likeness (QED) is 0.629. The van der Waals surface area contributed by atoms with Crippen LogP contribution in [0.4, 0.5) is 19.0 Å². The first-order valence-corrected chi connectivity index (χ1v) is 5.46. The minimum atomic E-state index is -4.32. The molecule has 18 heavy (non-hydrogen) atoms. The van der Waals surface area contributed by atoms with Crippen molar-refractivity contribution in [2.24, 2.45) is 5.73 Å². The SMILES string of the molecule is CCCN(CC(F)(F)F)c1ncccc1C(=N)N. The molecule has 0 radical (unpaired) electrons. The Bertz CT molecular complexity index is 417. The van der Waals surface area contributed by atoms with Crippen LogP contribution in [-0.2, 0) is 0 Å². The number of nitrogens with zero attached hydrogens (tertiary/aromatic N) is 2. The summed E-state index contributed by atoms with van der Waals surface area (Å²) in [5.74, 6) is -0.189. The van der Waals surface area contributed by atoms with E-state index in [2.05, 4.69) is 4.98 Å². The van der Waals surface area contributed by atoms with Crippen LogP contribution in [-0.4, -0.2) is 30.1 Å². The molecule has 0 aliphatic heterocycles. The molecule has 0 unspecified atom stereocenters. The van der Waals surface area contributed by atoms with E-state index in [0.29, 0.717) is 6.42 Å². The van der Waals surface area contributed by atoms with E-state index >= 15 is 0 Å². The van der Waals surface area contributed by atoms with Crippen molar-refractivity contribution in [3.8, 4) is 0 Å². The second-order valence-electron chi connectivity index (χ2n) is 3.82. The summed E-state index contributed by atoms with van der Waals surface area (Å²) in [6, 6.07) is 3.03. The molecule has 1 heterocycles. The van der Waals surface area contributed by atoms with Crippen molar-refractivity contribution in [1.29, 1.82) is 5.41 Å². The highest BCUT2D eigenvalue weighted by molar-refractivity contribution is 5.99. The van der Waals surface area contributed by atoms with Crippen molar-refractivity contribution in [2.45, 2.75) is 19.5 Å². The van der Waals surface area contributed by atoms with E-state index in [1.54, 1.807) is 6.92 Å². The number of nitrogens with one attached hydrogen (secondary N) is 1. The van der Waals surface area contributed by atoms with Gasteiger partial charge in [-0.3, -0.25) is 5.41 Å². The molecule has 0 aliphatic carbocycles. The van der Waals surface area contributed by atoms with E-state index in [4.69, 9.17) is 11.1 Å². The van der Waals surface area contributed by atoms with Gasteiger partial charge in [0.1, 0.15) is 18.2 Å². The number of halogens is 3. The Morgan fingerprint density at radius 2 is 2.17 bits per heavy atom. The summed E-state index contributed by atoms with van der Waals surface area (Å²) in [7, 11) is 0. The predicted octanol–water partition coefficient (Wildman–Crippen LogP) is 2.14. The normalized spacial score (nSPS) is 11.3. The Balaban J connectivity index is 3.09. The molecule has 0 bridgehead atoms. The van der Waals surface area contributed by atoms with Crippen molar-refractivity contribution in [3.05, 3.63) is 23.9 Å². The number of hydrogen-bond acceptors (Lipinski definition) is 3. The maximum absolute atomic E-state index is 12.5. The Morgan fingerprint density at radius 1 is 1.50 bits per heavy atom. The fourth-order valence-electron chi connectivity index (χ4n) is 1.61. The highest BCUT2D eigenvalue weighted by atomic mass is 19.4. The summed E-state index contributed by atoms with van der Waals surface area (Å²) in [4.78, 5) is 5.00. The largest absolute Gasteiger partial charge is 0.405 e. The van der Waals surface area contributed by atoms with Crippen LogP contribution in [0.5, 0.6) is 0 Å². The number of nitrogen functional groups attached to an aromatic ring is 1. The Hall–Kier alpha value is -1.79. The molecule has 1 aromatic heterocycles. The third-order valence-corrected chi connectivity index (χ3v) is 2.24. The maximum atomic E-state index is 12.5. The zero-order valence-corrected chi connectivity index (χ0v) is 9.96. The van der Waals surface area contributed by atoms with Crippen LogP contribution in [0.3, 0.4) is 0 Å². The lowest BCUT2D eigenvalue weighted by Gasteiger charge is -2.26. The summed E-state index contributed by atoms with van der Waals surface area (Å²) in [5, 5.41) is 7.36. The first-order valence-electron chi connectivity index (χ1n) is 5.46. The van der Waals surface area contributed by atoms with Crippen molar-refractivity contribution in [2.75, 3.05) is 18.0 Å². The third kappa shape index (κ3) is 3.90. The molecular formula is C11H15F3N4. The Kier molecular flexibility index (Phi) is 4.52. The van der Waals surface area contributed by atoms with Crippen LogP contribution in [0, 0.1) is 5.41 Å². The molecule has 0 saturated carbocycles. The van der Waals surface area contributed by atoms with E-state index in [9.17, 15) is 13.2 Å². The lowest BCUT2D eigenvalue weighted by Crippen LogP contribution is -2.36. The van der Waals surface area contributed by atoms with Gasteiger partial charge in [0.2, 0.25) is 0 Å². The highest BCUT2D eigenvalue weighted by Crippen LogP contribution is 2.23. The van der Waals surface area contributed by atoms with Gasteiger partial charge in [-0.1, -0.05) is 6.92 Å². The number of rotatable bonds is 5. The smallest absolute Gasteiger partial charge is 0.384 e. The van der Waals surface area contributed by atoms with Gasteiger partial charge in [0.15, 0.2) is 0 Å². The average molecular weight is 260 g/mol. The van der Waals surface area contributed by atoms with Crippen LogP contribution in [0.25, 0.3) is 0 Å². The number of amidine groups is 1. The number of anilines is 1. The second-order valence-corrected chi connectivity index (χ2v) is 3.82. The topological polar surface area (TPSA) is 66.0 Å². The molecule has 7 heteroatoms. The fraction of sp³-hybridized carbons (Fsp3) is 0.455. The minimum Gasteiger partial charge on any atom is -0.384 e. The van der Waals surface area contributed by atoms with Crippen LogP contribution >= 0.6 is 0 Å². The van der Waals surface area contributed by atoms with E-state index in [-0.39, 0.29) is 23.8 Å². The van der Waals surface area contributed by atoms with Crippen LogP contribution in [0.1, 0.15) is 18.9 Å². The van der Waals surface area contributed by atoms with E-state index < -0.39 is 12.7 Å². The molecule has 0 aliphatic rings. The molecule has 0 saturated heterocycles. The van der Waals surface area contributed by atoms with Crippen molar-refractivity contribution >= 4 is 11.7 Å². The third-order valence-electron chi connectivity index (χ3n) is 2.24. The number of aromatic nitrogens is 1. The van der Waals surface area contributed by atoms with Crippen molar-refractivity contribution in [1.82, 2.24) is 4.98 Å². The van der Waals surface area contributed by atoms with Gasteiger partial charge in [0, 0.05) is 12.7 Å². The van der Waals surface area contributed by atoms with Crippen molar-refractivity contribution in [3.63, 3.8) is 0 Å². The van der Waals surface area contributed by atoms with E-state index in [0.717, 1.165) is 4.90 Å². The van der Waals surface area contributed by atoms with E-state index in [1.165, 1.54) is 18.3 Å². The number of hydrogen-bond donors (Lipinski definition) is 2. The lowest BCUT2D eigenvalue weighted by atomic mass is 10.2. The molecule has 0 aromatic carbocycles. The first-order chi connectivity index (χ1) is 8.35. The van der Waals surface area contributed by atoms with Crippen LogP contribution in [0.15, 0.2) is 18.3 Å². The summed E-state index contributed by atoms with van der Waals surface area (Å²) in [5.41, 5.74) is 5.57. The lowest BCUT2D eigenvalue weighted by molar-refractivity contribution is -0.119. The van der Waals surface area contributed by atoms with Gasteiger partial charge in [0.05, 0.1) is 5.56 Å². The molecule has 3 N–H and O–H groups in total. The van der Waals surface area contributed by atoms with Gasteiger partial charge < -0.3 is 10.6 Å². The molecular weight excluding hydrogens is 245 g/mol. The molecule has 1 rings (SSSR count).